The van der Waals surface area contributed by atoms with Gasteiger partial charge in [0.2, 0.25) is 5.91 Å². The number of hydrogen-bond donors (Lipinski definition) is 0. The summed E-state index contributed by atoms with van der Waals surface area (Å²) in [7, 11) is 1.63. The molecule has 1 aliphatic heterocycles. The van der Waals surface area contributed by atoms with E-state index in [1.54, 1.807) is 24.1 Å². The van der Waals surface area contributed by atoms with Crippen LogP contribution in [0.2, 0.25) is 5.02 Å². The molecule has 4 rings (SSSR count). The molecule has 1 saturated heterocycles. The predicted octanol–water partition coefficient (Wildman–Crippen LogP) is 4.98. The number of rotatable bonds is 5. The van der Waals surface area contributed by atoms with Gasteiger partial charge in [0.05, 0.1) is 7.11 Å². The number of nitrogens with zero attached hydrogens (tertiary/aromatic N) is 2. The first-order valence-electron chi connectivity index (χ1n) is 11.0. The van der Waals surface area contributed by atoms with E-state index in [1.807, 2.05) is 41.3 Å². The van der Waals surface area contributed by atoms with E-state index in [0.29, 0.717) is 11.6 Å². The molecule has 6 heteroatoms. The van der Waals surface area contributed by atoms with Gasteiger partial charge in [-0.3, -0.25) is 9.59 Å². The lowest BCUT2D eigenvalue weighted by molar-refractivity contribution is -0.159. The Morgan fingerprint density at radius 3 is 2.19 bits per heavy atom. The Kier molecular flexibility index (Phi) is 6.81. The van der Waals surface area contributed by atoms with E-state index in [0.717, 1.165) is 42.6 Å². The van der Waals surface area contributed by atoms with Crippen molar-refractivity contribution in [2.24, 2.45) is 0 Å². The third kappa shape index (κ3) is 4.87. The molecule has 1 saturated carbocycles. The number of methoxy groups -OCH3 is 1. The standard InChI is InChI=1S/C25H29ClN2O3/c1-31-22-14-8-18(9-15-22)16-28-23(29)17-27(21-6-4-2-3-5-7-21)25(30)24(28)19-10-12-20(26)13-11-19/h8-15,21,24H,2-7,16-17H2,1H3/t24-/m1/s1. The lowest BCUT2D eigenvalue weighted by atomic mass is 9.97. The first-order chi connectivity index (χ1) is 15.1. The van der Waals surface area contributed by atoms with Crippen molar-refractivity contribution in [1.29, 1.82) is 0 Å². The van der Waals surface area contributed by atoms with E-state index < -0.39 is 6.04 Å². The molecule has 1 heterocycles. The van der Waals surface area contributed by atoms with Crippen molar-refractivity contribution in [3.05, 3.63) is 64.7 Å². The van der Waals surface area contributed by atoms with Crippen LogP contribution in [0.25, 0.3) is 0 Å². The molecule has 164 valence electrons. The third-order valence-electron chi connectivity index (χ3n) is 6.42. The second-order valence-corrected chi connectivity index (χ2v) is 8.87. The Morgan fingerprint density at radius 1 is 0.935 bits per heavy atom. The largest absolute Gasteiger partial charge is 0.497 e. The van der Waals surface area contributed by atoms with Crippen LogP contribution in [0, 0.1) is 0 Å². The van der Waals surface area contributed by atoms with Crippen LogP contribution in [-0.4, -0.2) is 41.3 Å². The van der Waals surface area contributed by atoms with Crippen LogP contribution < -0.4 is 4.74 Å². The van der Waals surface area contributed by atoms with Gasteiger partial charge in [0.25, 0.3) is 5.91 Å². The maximum absolute atomic E-state index is 13.7. The monoisotopic (exact) mass is 440 g/mol. The van der Waals surface area contributed by atoms with Crippen molar-refractivity contribution >= 4 is 23.4 Å². The summed E-state index contributed by atoms with van der Waals surface area (Å²) in [5.74, 6) is 0.764. The molecule has 0 unspecified atom stereocenters. The Hall–Kier alpha value is -2.53. The summed E-state index contributed by atoms with van der Waals surface area (Å²) in [6.07, 6.45) is 6.59. The van der Waals surface area contributed by atoms with Crippen LogP contribution >= 0.6 is 11.6 Å². The van der Waals surface area contributed by atoms with E-state index >= 15 is 0 Å². The number of carbonyl (C=O) groups excluding carboxylic acids is 2. The van der Waals surface area contributed by atoms with Gasteiger partial charge in [-0.15, -0.1) is 0 Å². The summed E-state index contributed by atoms with van der Waals surface area (Å²) in [6.45, 7) is 0.532. The molecule has 2 fully saturated rings. The molecular weight excluding hydrogens is 412 g/mol. The van der Waals surface area contributed by atoms with Gasteiger partial charge in [-0.1, -0.05) is 61.5 Å². The fourth-order valence-electron chi connectivity index (χ4n) is 4.70. The Balaban J connectivity index is 1.64. The summed E-state index contributed by atoms with van der Waals surface area (Å²) in [6, 6.07) is 14.4. The third-order valence-corrected chi connectivity index (χ3v) is 6.67. The van der Waals surface area contributed by atoms with Gasteiger partial charge in [0.1, 0.15) is 18.3 Å². The summed E-state index contributed by atoms with van der Waals surface area (Å²) in [4.78, 5) is 30.6. The summed E-state index contributed by atoms with van der Waals surface area (Å²) in [5, 5.41) is 0.612. The molecule has 0 aromatic heterocycles. The fraction of sp³-hybridized carbons (Fsp3) is 0.440. The van der Waals surface area contributed by atoms with Crippen LogP contribution in [-0.2, 0) is 16.1 Å². The van der Waals surface area contributed by atoms with Crippen molar-refractivity contribution < 1.29 is 14.3 Å². The van der Waals surface area contributed by atoms with E-state index in [2.05, 4.69) is 0 Å². The van der Waals surface area contributed by atoms with Crippen LogP contribution in [0.5, 0.6) is 5.75 Å². The lowest BCUT2D eigenvalue weighted by Crippen LogP contribution is -2.57. The molecule has 5 nitrogen and oxygen atoms in total. The highest BCUT2D eigenvalue weighted by Gasteiger charge is 2.42. The fourth-order valence-corrected chi connectivity index (χ4v) is 4.83. The minimum atomic E-state index is -0.635. The molecule has 1 atom stereocenters. The number of carbonyl (C=O) groups is 2. The normalized spacial score (nSPS) is 20.6. The van der Waals surface area contributed by atoms with Crippen LogP contribution in [0.1, 0.15) is 55.7 Å². The number of hydrogen-bond acceptors (Lipinski definition) is 3. The van der Waals surface area contributed by atoms with Crippen LogP contribution in [0.15, 0.2) is 48.5 Å². The van der Waals surface area contributed by atoms with Crippen LogP contribution in [0.4, 0.5) is 0 Å². The number of halogens is 1. The number of ether oxygens (including phenoxy) is 1. The molecule has 2 aromatic rings. The summed E-state index contributed by atoms with van der Waals surface area (Å²) >= 11 is 6.09. The van der Waals surface area contributed by atoms with Gasteiger partial charge in [-0.25, -0.2) is 0 Å². The summed E-state index contributed by atoms with van der Waals surface area (Å²) in [5.41, 5.74) is 1.76. The van der Waals surface area contributed by atoms with Gasteiger partial charge in [-0.05, 0) is 48.2 Å². The smallest absolute Gasteiger partial charge is 0.250 e. The minimum Gasteiger partial charge on any atom is -0.497 e. The first kappa shape index (κ1) is 21.7. The molecule has 0 radical (unpaired) electrons. The highest BCUT2D eigenvalue weighted by Crippen LogP contribution is 2.33. The van der Waals surface area contributed by atoms with Crippen molar-refractivity contribution in [1.82, 2.24) is 9.80 Å². The van der Waals surface area contributed by atoms with Crippen molar-refractivity contribution in [2.45, 2.75) is 57.2 Å². The number of piperazine rings is 1. The Labute approximate surface area is 188 Å². The molecule has 2 aromatic carbocycles. The van der Waals surface area contributed by atoms with Gasteiger partial charge >= 0.3 is 0 Å². The highest BCUT2D eigenvalue weighted by atomic mass is 35.5. The number of amides is 2. The SMILES string of the molecule is COc1ccc(CN2C(=O)CN(C3CCCCCC3)C(=O)[C@H]2c2ccc(Cl)cc2)cc1. The maximum atomic E-state index is 13.7. The number of benzene rings is 2. The lowest BCUT2D eigenvalue weighted by Gasteiger charge is -2.43. The van der Waals surface area contributed by atoms with Crippen molar-refractivity contribution in [3.63, 3.8) is 0 Å². The summed E-state index contributed by atoms with van der Waals surface area (Å²) < 4.78 is 5.24. The quantitative estimate of drug-likeness (QED) is 0.616. The maximum Gasteiger partial charge on any atom is 0.250 e. The molecule has 31 heavy (non-hydrogen) atoms. The van der Waals surface area contributed by atoms with Gasteiger partial charge in [0, 0.05) is 17.6 Å². The minimum absolute atomic E-state index is 0.0142. The highest BCUT2D eigenvalue weighted by molar-refractivity contribution is 6.30. The zero-order valence-corrected chi connectivity index (χ0v) is 18.7. The second kappa shape index (κ2) is 9.73. The van der Waals surface area contributed by atoms with Gasteiger partial charge in [-0.2, -0.15) is 0 Å². The molecule has 1 aliphatic carbocycles. The Morgan fingerprint density at radius 2 is 1.58 bits per heavy atom. The van der Waals surface area contributed by atoms with Crippen molar-refractivity contribution in [2.75, 3.05) is 13.7 Å². The van der Waals surface area contributed by atoms with E-state index in [9.17, 15) is 9.59 Å². The molecular formula is C25H29ClN2O3. The average molecular weight is 441 g/mol. The second-order valence-electron chi connectivity index (χ2n) is 8.44. The zero-order chi connectivity index (χ0) is 21.8. The van der Waals surface area contributed by atoms with Crippen LogP contribution in [0.3, 0.4) is 0 Å². The Bertz CT molecular complexity index is 905. The molecule has 0 N–H and O–H groups in total. The molecule has 2 aliphatic rings. The van der Waals surface area contributed by atoms with E-state index in [4.69, 9.17) is 16.3 Å². The van der Waals surface area contributed by atoms with Gasteiger partial charge < -0.3 is 14.5 Å². The van der Waals surface area contributed by atoms with E-state index in [-0.39, 0.29) is 24.4 Å². The van der Waals surface area contributed by atoms with E-state index in [1.165, 1.54) is 12.8 Å². The molecule has 2 amide bonds. The zero-order valence-electron chi connectivity index (χ0n) is 17.9. The first-order valence-corrected chi connectivity index (χ1v) is 11.4. The predicted molar refractivity (Wildman–Crippen MR) is 121 cm³/mol. The topological polar surface area (TPSA) is 49.9 Å². The van der Waals surface area contributed by atoms with Crippen molar-refractivity contribution in [3.8, 4) is 5.75 Å². The average Bonchev–Trinajstić information content (AvgIpc) is 3.07. The molecule has 0 spiro atoms. The molecule has 0 bridgehead atoms. The van der Waals surface area contributed by atoms with Gasteiger partial charge in [0.15, 0.2) is 0 Å².